The SMILES string of the molecule is C=C(C)CN(CC)C(=O)c1nc2nc(C)cc(C)n2n1. The van der Waals surface area contributed by atoms with Crippen LogP contribution in [-0.4, -0.2) is 43.5 Å². The van der Waals surface area contributed by atoms with Crippen molar-refractivity contribution in [3.8, 4) is 0 Å². The molecule has 2 aromatic heterocycles. The highest BCUT2D eigenvalue weighted by Crippen LogP contribution is 2.08. The van der Waals surface area contributed by atoms with Crippen LogP contribution in [0.15, 0.2) is 18.2 Å². The monoisotopic (exact) mass is 273 g/mol. The molecular formula is C14H19N5O. The first-order chi connectivity index (χ1) is 9.42. The Morgan fingerprint density at radius 1 is 1.40 bits per heavy atom. The molecule has 0 radical (unpaired) electrons. The molecule has 0 aliphatic carbocycles. The molecule has 0 aromatic carbocycles. The molecule has 1 amide bonds. The maximum Gasteiger partial charge on any atom is 0.293 e. The van der Waals surface area contributed by atoms with Crippen LogP contribution >= 0.6 is 0 Å². The molecule has 0 spiro atoms. The Balaban J connectivity index is 2.39. The molecule has 0 saturated heterocycles. The number of amides is 1. The summed E-state index contributed by atoms with van der Waals surface area (Å²) in [4.78, 5) is 22.6. The molecule has 2 aromatic rings. The first-order valence-electron chi connectivity index (χ1n) is 6.57. The average Bonchev–Trinajstić information content (AvgIpc) is 2.78. The number of aryl methyl sites for hydroxylation is 2. The zero-order valence-electron chi connectivity index (χ0n) is 12.3. The minimum absolute atomic E-state index is 0.175. The number of carbonyl (C=O) groups excluding carboxylic acids is 1. The van der Waals surface area contributed by atoms with Crippen LogP contribution in [0, 0.1) is 13.8 Å². The second-order valence-electron chi connectivity index (χ2n) is 4.96. The van der Waals surface area contributed by atoms with E-state index in [2.05, 4.69) is 21.6 Å². The summed E-state index contributed by atoms with van der Waals surface area (Å²) < 4.78 is 1.59. The van der Waals surface area contributed by atoms with Gasteiger partial charge in [0.1, 0.15) is 0 Å². The van der Waals surface area contributed by atoms with Crippen molar-refractivity contribution < 1.29 is 4.79 Å². The summed E-state index contributed by atoms with van der Waals surface area (Å²) in [7, 11) is 0. The number of fused-ring (bicyclic) bond motifs is 1. The number of rotatable bonds is 4. The van der Waals surface area contributed by atoms with Crippen LogP contribution in [0.2, 0.25) is 0 Å². The lowest BCUT2D eigenvalue weighted by molar-refractivity contribution is 0.0766. The number of likely N-dealkylation sites (N-methyl/N-ethyl adjacent to an activating group) is 1. The normalized spacial score (nSPS) is 10.8. The van der Waals surface area contributed by atoms with Gasteiger partial charge in [-0.2, -0.15) is 4.98 Å². The van der Waals surface area contributed by atoms with Gasteiger partial charge in [-0.1, -0.05) is 12.2 Å². The molecule has 0 saturated carbocycles. The lowest BCUT2D eigenvalue weighted by Crippen LogP contribution is -2.33. The highest BCUT2D eigenvalue weighted by atomic mass is 16.2. The van der Waals surface area contributed by atoms with E-state index in [1.807, 2.05) is 33.8 Å². The van der Waals surface area contributed by atoms with Gasteiger partial charge >= 0.3 is 0 Å². The average molecular weight is 273 g/mol. The summed E-state index contributed by atoms with van der Waals surface area (Å²) in [5.41, 5.74) is 2.69. The Bertz CT molecular complexity index is 673. The molecule has 0 atom stereocenters. The van der Waals surface area contributed by atoms with Crippen molar-refractivity contribution in [3.05, 3.63) is 35.4 Å². The van der Waals surface area contributed by atoms with Crippen LogP contribution in [-0.2, 0) is 0 Å². The third kappa shape index (κ3) is 2.68. The first kappa shape index (κ1) is 14.2. The van der Waals surface area contributed by atoms with Gasteiger partial charge in [-0.15, -0.1) is 5.10 Å². The summed E-state index contributed by atoms with van der Waals surface area (Å²) in [6.45, 7) is 12.6. The molecule has 2 rings (SSSR count). The molecule has 2 heterocycles. The smallest absolute Gasteiger partial charge is 0.293 e. The first-order valence-corrected chi connectivity index (χ1v) is 6.57. The van der Waals surface area contributed by atoms with E-state index in [-0.39, 0.29) is 11.7 Å². The minimum atomic E-state index is -0.196. The van der Waals surface area contributed by atoms with E-state index in [0.717, 1.165) is 17.0 Å². The number of hydrogen-bond acceptors (Lipinski definition) is 4. The van der Waals surface area contributed by atoms with Gasteiger partial charge < -0.3 is 4.90 Å². The van der Waals surface area contributed by atoms with Gasteiger partial charge in [0.15, 0.2) is 0 Å². The van der Waals surface area contributed by atoms with Gasteiger partial charge in [-0.05, 0) is 33.8 Å². The van der Waals surface area contributed by atoms with E-state index in [1.54, 1.807) is 9.42 Å². The maximum atomic E-state index is 12.4. The predicted octanol–water partition coefficient (Wildman–Crippen LogP) is 1.78. The molecule has 0 aliphatic heterocycles. The zero-order chi connectivity index (χ0) is 14.9. The van der Waals surface area contributed by atoms with Gasteiger partial charge in [0.25, 0.3) is 11.7 Å². The molecule has 0 aliphatic rings. The van der Waals surface area contributed by atoms with E-state index >= 15 is 0 Å². The van der Waals surface area contributed by atoms with E-state index in [4.69, 9.17) is 0 Å². The predicted molar refractivity (Wildman–Crippen MR) is 76.6 cm³/mol. The third-order valence-electron chi connectivity index (χ3n) is 2.94. The van der Waals surface area contributed by atoms with E-state index in [0.29, 0.717) is 18.9 Å². The van der Waals surface area contributed by atoms with Crippen LogP contribution in [0.25, 0.3) is 5.78 Å². The fourth-order valence-corrected chi connectivity index (χ4v) is 2.05. The highest BCUT2D eigenvalue weighted by Gasteiger charge is 2.20. The zero-order valence-corrected chi connectivity index (χ0v) is 12.3. The number of carbonyl (C=O) groups is 1. The summed E-state index contributed by atoms with van der Waals surface area (Å²) in [6, 6.07) is 1.90. The van der Waals surface area contributed by atoms with Gasteiger partial charge in [-0.3, -0.25) is 4.79 Å². The molecule has 0 bridgehead atoms. The van der Waals surface area contributed by atoms with Crippen molar-refractivity contribution in [3.63, 3.8) is 0 Å². The largest absolute Gasteiger partial charge is 0.332 e. The highest BCUT2D eigenvalue weighted by molar-refractivity contribution is 5.91. The van der Waals surface area contributed by atoms with Crippen LogP contribution in [0.5, 0.6) is 0 Å². The summed E-state index contributed by atoms with van der Waals surface area (Å²) in [5, 5.41) is 4.25. The topological polar surface area (TPSA) is 63.4 Å². The Morgan fingerprint density at radius 2 is 2.10 bits per heavy atom. The fourth-order valence-electron chi connectivity index (χ4n) is 2.05. The van der Waals surface area contributed by atoms with E-state index in [1.165, 1.54) is 0 Å². The molecule has 106 valence electrons. The minimum Gasteiger partial charge on any atom is -0.332 e. The lowest BCUT2D eigenvalue weighted by atomic mass is 10.3. The Labute approximate surface area is 118 Å². The Hall–Kier alpha value is -2.24. The standard InChI is InChI=1S/C14H19N5O/c1-6-18(8-9(2)3)13(20)12-16-14-15-10(4)7-11(5)19(14)17-12/h7H,2,6,8H2,1,3-5H3. The van der Waals surface area contributed by atoms with Crippen LogP contribution < -0.4 is 0 Å². The molecule has 0 fully saturated rings. The number of aromatic nitrogens is 4. The Morgan fingerprint density at radius 3 is 2.70 bits per heavy atom. The maximum absolute atomic E-state index is 12.4. The van der Waals surface area contributed by atoms with Crippen molar-refractivity contribution >= 4 is 11.7 Å². The molecule has 6 heteroatoms. The van der Waals surface area contributed by atoms with Crippen molar-refractivity contribution in [2.75, 3.05) is 13.1 Å². The van der Waals surface area contributed by atoms with Gasteiger partial charge in [0.2, 0.25) is 5.82 Å². The van der Waals surface area contributed by atoms with Crippen LogP contribution in [0.4, 0.5) is 0 Å². The van der Waals surface area contributed by atoms with Crippen molar-refractivity contribution in [2.45, 2.75) is 27.7 Å². The molecule has 0 unspecified atom stereocenters. The number of nitrogens with zero attached hydrogens (tertiary/aromatic N) is 5. The summed E-state index contributed by atoms with van der Waals surface area (Å²) >= 11 is 0. The van der Waals surface area contributed by atoms with Crippen LogP contribution in [0.3, 0.4) is 0 Å². The molecule has 6 nitrogen and oxygen atoms in total. The quantitative estimate of drug-likeness (QED) is 0.797. The van der Waals surface area contributed by atoms with Crippen molar-refractivity contribution in [2.24, 2.45) is 0 Å². The second kappa shape index (κ2) is 5.40. The second-order valence-corrected chi connectivity index (χ2v) is 4.96. The fraction of sp³-hybridized carbons (Fsp3) is 0.429. The number of hydrogen-bond donors (Lipinski definition) is 0. The lowest BCUT2D eigenvalue weighted by Gasteiger charge is -2.18. The molecule has 0 N–H and O–H groups in total. The third-order valence-corrected chi connectivity index (χ3v) is 2.94. The Kier molecular flexibility index (Phi) is 3.83. The van der Waals surface area contributed by atoms with Gasteiger partial charge in [-0.25, -0.2) is 9.50 Å². The van der Waals surface area contributed by atoms with Gasteiger partial charge in [0.05, 0.1) is 0 Å². The van der Waals surface area contributed by atoms with E-state index < -0.39 is 0 Å². The molecule has 20 heavy (non-hydrogen) atoms. The van der Waals surface area contributed by atoms with Crippen LogP contribution in [0.1, 0.15) is 35.9 Å². The van der Waals surface area contributed by atoms with Crippen molar-refractivity contribution in [1.29, 1.82) is 0 Å². The summed E-state index contributed by atoms with van der Waals surface area (Å²) in [6.07, 6.45) is 0. The van der Waals surface area contributed by atoms with Gasteiger partial charge in [0, 0.05) is 24.5 Å². The van der Waals surface area contributed by atoms with E-state index in [9.17, 15) is 4.79 Å². The summed E-state index contributed by atoms with van der Waals surface area (Å²) in [5.74, 6) is 0.435. The van der Waals surface area contributed by atoms with Crippen molar-refractivity contribution in [1.82, 2.24) is 24.5 Å². The molecular weight excluding hydrogens is 254 g/mol.